The Balaban J connectivity index is 4.38. The molecule has 0 radical (unpaired) electrons. The van der Waals surface area contributed by atoms with E-state index >= 15 is 0 Å². The van der Waals surface area contributed by atoms with Crippen LogP contribution >= 0.6 is 0 Å². The Kier molecular flexibility index (Phi) is 5.35. The lowest BCUT2D eigenvalue weighted by atomic mass is 10.1. The summed E-state index contributed by atoms with van der Waals surface area (Å²) in [6.45, 7) is 5.82. The Labute approximate surface area is 68.0 Å². The third-order valence-electron chi connectivity index (χ3n) is 1.54. The van der Waals surface area contributed by atoms with E-state index in [4.69, 9.17) is 0 Å². The first-order valence-electron chi connectivity index (χ1n) is 3.95. The largest absolute Gasteiger partial charge is 0.145 e. The van der Waals surface area contributed by atoms with Crippen LogP contribution in [0, 0.1) is 4.91 Å². The van der Waals surface area contributed by atoms with Crippen molar-refractivity contribution in [3.63, 3.8) is 0 Å². The minimum atomic E-state index is 0.595. The molecule has 0 heterocycles. The summed E-state index contributed by atoms with van der Waals surface area (Å²) in [5.74, 6) is 0. The molecule has 0 aliphatic carbocycles. The molecule has 11 heavy (non-hydrogen) atoms. The normalized spacial score (nSPS) is 13.4. The molecule has 0 rings (SSSR count). The zero-order valence-corrected chi connectivity index (χ0v) is 7.42. The highest BCUT2D eigenvalue weighted by atomic mass is 16.3. The van der Waals surface area contributed by atoms with Crippen LogP contribution in [0.3, 0.4) is 0 Å². The molecule has 0 aromatic carbocycles. The second-order valence-corrected chi connectivity index (χ2v) is 2.37. The predicted molar refractivity (Wildman–Crippen MR) is 48.2 cm³/mol. The summed E-state index contributed by atoms with van der Waals surface area (Å²) >= 11 is 0. The smallest absolute Gasteiger partial charge is 0.0849 e. The first-order chi connectivity index (χ1) is 5.26. The molecule has 0 aliphatic rings. The average Bonchev–Trinajstić information content (AvgIpc) is 2.05. The zero-order valence-electron chi connectivity index (χ0n) is 7.42. The van der Waals surface area contributed by atoms with E-state index in [1.54, 1.807) is 6.92 Å². The van der Waals surface area contributed by atoms with Crippen LogP contribution in [0.5, 0.6) is 0 Å². The number of nitrogens with zero attached hydrogens (tertiary/aromatic N) is 1. The van der Waals surface area contributed by atoms with Gasteiger partial charge in [-0.2, -0.15) is 0 Å². The summed E-state index contributed by atoms with van der Waals surface area (Å²) in [5, 5.41) is 2.89. The predicted octanol–water partition coefficient (Wildman–Crippen LogP) is 3.40. The highest BCUT2D eigenvalue weighted by molar-refractivity contribution is 5.23. The fourth-order valence-corrected chi connectivity index (χ4v) is 0.813. The molecule has 0 amide bonds. The molecule has 2 heteroatoms. The third-order valence-corrected chi connectivity index (χ3v) is 1.54. The van der Waals surface area contributed by atoms with Gasteiger partial charge in [0.2, 0.25) is 0 Å². The monoisotopic (exact) mass is 153 g/mol. The highest BCUT2D eigenvalue weighted by Crippen LogP contribution is 2.10. The van der Waals surface area contributed by atoms with Gasteiger partial charge in [-0.3, -0.25) is 0 Å². The van der Waals surface area contributed by atoms with Crippen LogP contribution in [0.4, 0.5) is 0 Å². The lowest BCUT2D eigenvalue weighted by Gasteiger charge is -1.96. The standard InChI is InChI=1S/C9H15NO/c1-4-6-7-9(5-2)8(3)10-11/h6-7H,4-5H2,1-3H3/b7-6-,9-8+. The van der Waals surface area contributed by atoms with E-state index in [-0.39, 0.29) is 0 Å². The fourth-order valence-electron chi connectivity index (χ4n) is 0.813. The summed E-state index contributed by atoms with van der Waals surface area (Å²) < 4.78 is 0. The van der Waals surface area contributed by atoms with Crippen molar-refractivity contribution in [2.75, 3.05) is 0 Å². The fraction of sp³-hybridized carbons (Fsp3) is 0.556. The van der Waals surface area contributed by atoms with E-state index in [0.717, 1.165) is 18.4 Å². The van der Waals surface area contributed by atoms with Crippen LogP contribution in [-0.4, -0.2) is 0 Å². The van der Waals surface area contributed by atoms with E-state index in [1.165, 1.54) is 0 Å². The summed E-state index contributed by atoms with van der Waals surface area (Å²) in [4.78, 5) is 10.1. The van der Waals surface area contributed by atoms with Crippen LogP contribution in [0.15, 0.2) is 28.6 Å². The van der Waals surface area contributed by atoms with E-state index in [2.05, 4.69) is 12.1 Å². The lowest BCUT2D eigenvalue weighted by Crippen LogP contribution is -1.79. The maximum atomic E-state index is 10.1. The second kappa shape index (κ2) is 5.83. The molecule has 0 fully saturated rings. The van der Waals surface area contributed by atoms with Crippen molar-refractivity contribution in [1.29, 1.82) is 0 Å². The number of hydrogen-bond donors (Lipinski definition) is 0. The van der Waals surface area contributed by atoms with Crippen LogP contribution < -0.4 is 0 Å². The van der Waals surface area contributed by atoms with E-state index in [0.29, 0.717) is 5.70 Å². The first-order valence-corrected chi connectivity index (χ1v) is 3.95. The van der Waals surface area contributed by atoms with Gasteiger partial charge >= 0.3 is 0 Å². The van der Waals surface area contributed by atoms with Gasteiger partial charge in [-0.25, -0.2) is 0 Å². The van der Waals surface area contributed by atoms with E-state index < -0.39 is 0 Å². The van der Waals surface area contributed by atoms with Crippen LogP contribution in [-0.2, 0) is 0 Å². The van der Waals surface area contributed by atoms with Gasteiger partial charge < -0.3 is 0 Å². The molecule has 0 saturated heterocycles. The molecular weight excluding hydrogens is 138 g/mol. The Hall–Kier alpha value is -0.920. The van der Waals surface area contributed by atoms with Crippen LogP contribution in [0.25, 0.3) is 0 Å². The van der Waals surface area contributed by atoms with Crippen molar-refractivity contribution in [3.05, 3.63) is 28.3 Å². The molecule has 0 aliphatic heterocycles. The molecule has 0 aromatic heterocycles. The van der Waals surface area contributed by atoms with Crippen molar-refractivity contribution in [1.82, 2.24) is 0 Å². The number of hydrogen-bond acceptors (Lipinski definition) is 2. The minimum absolute atomic E-state index is 0.595. The molecule has 2 nitrogen and oxygen atoms in total. The third kappa shape index (κ3) is 3.71. The van der Waals surface area contributed by atoms with Crippen LogP contribution in [0.1, 0.15) is 33.6 Å². The maximum Gasteiger partial charge on any atom is 0.0849 e. The first kappa shape index (κ1) is 10.1. The van der Waals surface area contributed by atoms with Crippen molar-refractivity contribution in [2.45, 2.75) is 33.6 Å². The molecule has 0 aromatic rings. The van der Waals surface area contributed by atoms with Gasteiger partial charge in [0.05, 0.1) is 5.70 Å². The molecule has 0 bridgehead atoms. The van der Waals surface area contributed by atoms with Gasteiger partial charge in [0.25, 0.3) is 0 Å². The Bertz CT molecular complexity index is 180. The Morgan fingerprint density at radius 3 is 2.45 bits per heavy atom. The van der Waals surface area contributed by atoms with Crippen molar-refractivity contribution >= 4 is 0 Å². The summed E-state index contributed by atoms with van der Waals surface area (Å²) in [6.07, 6.45) is 5.87. The van der Waals surface area contributed by atoms with E-state index in [9.17, 15) is 4.91 Å². The average molecular weight is 153 g/mol. The summed E-state index contributed by atoms with van der Waals surface area (Å²) in [7, 11) is 0. The van der Waals surface area contributed by atoms with Gasteiger partial charge in [0.15, 0.2) is 0 Å². The molecule has 0 N–H and O–H groups in total. The van der Waals surface area contributed by atoms with Crippen LogP contribution in [0.2, 0.25) is 0 Å². The quantitative estimate of drug-likeness (QED) is 0.449. The molecule has 0 saturated carbocycles. The lowest BCUT2D eigenvalue weighted by molar-refractivity contribution is 1.07. The molecule has 0 atom stereocenters. The molecule has 0 unspecified atom stereocenters. The summed E-state index contributed by atoms with van der Waals surface area (Å²) in [6, 6.07) is 0. The minimum Gasteiger partial charge on any atom is -0.145 e. The van der Waals surface area contributed by atoms with Crippen molar-refractivity contribution in [3.8, 4) is 0 Å². The maximum absolute atomic E-state index is 10.1. The number of rotatable bonds is 4. The second-order valence-electron chi connectivity index (χ2n) is 2.37. The topological polar surface area (TPSA) is 29.4 Å². The van der Waals surface area contributed by atoms with Crippen molar-refractivity contribution < 1.29 is 0 Å². The number of nitroso groups, excluding NO2 is 1. The Morgan fingerprint density at radius 2 is 2.09 bits per heavy atom. The molecule has 0 spiro atoms. The number of allylic oxidation sites excluding steroid dienone is 4. The molecular formula is C9H15NO. The van der Waals surface area contributed by atoms with Gasteiger partial charge in [0.1, 0.15) is 0 Å². The zero-order chi connectivity index (χ0) is 8.69. The molecule has 62 valence electrons. The van der Waals surface area contributed by atoms with Gasteiger partial charge in [-0.15, -0.1) is 4.91 Å². The highest BCUT2D eigenvalue weighted by Gasteiger charge is 1.94. The van der Waals surface area contributed by atoms with Gasteiger partial charge in [-0.05, 0) is 30.5 Å². The Morgan fingerprint density at radius 1 is 1.45 bits per heavy atom. The van der Waals surface area contributed by atoms with Gasteiger partial charge in [0, 0.05) is 0 Å². The van der Waals surface area contributed by atoms with E-state index in [1.807, 2.05) is 19.1 Å². The van der Waals surface area contributed by atoms with Gasteiger partial charge in [-0.1, -0.05) is 26.0 Å². The van der Waals surface area contributed by atoms with Crippen molar-refractivity contribution in [2.24, 2.45) is 5.18 Å². The summed E-state index contributed by atoms with van der Waals surface area (Å²) in [5.41, 5.74) is 1.62. The SMILES string of the molecule is CC/C=C\C(CC)=C(/C)N=O.